The van der Waals surface area contributed by atoms with Crippen LogP contribution in [0.1, 0.15) is 21.7 Å². The molecule has 148 valence electrons. The maximum Gasteiger partial charge on any atom is 0.285 e. The molecule has 0 spiro atoms. The Bertz CT molecular complexity index is 1240. The van der Waals surface area contributed by atoms with Gasteiger partial charge in [0.25, 0.3) is 5.91 Å². The first-order valence-corrected chi connectivity index (χ1v) is 10.0. The van der Waals surface area contributed by atoms with E-state index >= 15 is 0 Å². The Morgan fingerprint density at radius 1 is 1.23 bits per heavy atom. The molecule has 0 unspecified atom stereocenters. The number of ether oxygens (including phenoxy) is 1. The van der Waals surface area contributed by atoms with E-state index in [4.69, 9.17) is 4.74 Å². The van der Waals surface area contributed by atoms with Gasteiger partial charge < -0.3 is 4.74 Å². The van der Waals surface area contributed by atoms with E-state index in [0.29, 0.717) is 11.3 Å². The van der Waals surface area contributed by atoms with Crippen LogP contribution in [0.2, 0.25) is 0 Å². The second-order valence-corrected chi connectivity index (χ2v) is 7.53. The van der Waals surface area contributed by atoms with E-state index in [-0.39, 0.29) is 24.0 Å². The fourth-order valence-corrected chi connectivity index (χ4v) is 3.80. The van der Waals surface area contributed by atoms with E-state index in [0.717, 1.165) is 21.8 Å². The van der Waals surface area contributed by atoms with E-state index in [1.54, 1.807) is 19.3 Å². The van der Waals surface area contributed by atoms with E-state index in [9.17, 15) is 10.1 Å². The van der Waals surface area contributed by atoms with Crippen LogP contribution in [-0.4, -0.2) is 32.3 Å². The lowest BCUT2D eigenvalue weighted by Crippen LogP contribution is -2.22. The molecule has 0 N–H and O–H groups in total. The quantitative estimate of drug-likeness (QED) is 0.483. The van der Waals surface area contributed by atoms with Gasteiger partial charge in [-0.05, 0) is 55.1 Å². The number of pyridine rings is 2. The van der Waals surface area contributed by atoms with Gasteiger partial charge in [-0.15, -0.1) is 11.3 Å². The third-order valence-electron chi connectivity index (χ3n) is 4.44. The Morgan fingerprint density at radius 2 is 2.03 bits per heavy atom. The van der Waals surface area contributed by atoms with Crippen molar-refractivity contribution in [2.75, 3.05) is 6.61 Å². The maximum atomic E-state index is 12.6. The largest absolute Gasteiger partial charge is 0.466 e. The molecule has 0 aliphatic rings. The summed E-state index contributed by atoms with van der Waals surface area (Å²) < 4.78 is 7.05. The molecule has 4 rings (SSSR count). The summed E-state index contributed by atoms with van der Waals surface area (Å²) in [5, 5.41) is 16.0. The summed E-state index contributed by atoms with van der Waals surface area (Å²) in [4.78, 5) is 22.1. The highest BCUT2D eigenvalue weighted by Gasteiger charge is 2.19. The summed E-state index contributed by atoms with van der Waals surface area (Å²) in [7, 11) is 0. The van der Waals surface area contributed by atoms with Crippen molar-refractivity contribution in [3.63, 3.8) is 0 Å². The van der Waals surface area contributed by atoms with Crippen molar-refractivity contribution in [1.29, 1.82) is 5.26 Å². The first-order valence-electron chi connectivity index (χ1n) is 9.15. The lowest BCUT2D eigenvalue weighted by Gasteiger charge is -2.13. The lowest BCUT2D eigenvalue weighted by atomic mass is 10.0. The number of hydrogen-bond acceptors (Lipinski definition) is 7. The molecule has 0 fully saturated rings. The second-order valence-electron chi connectivity index (χ2n) is 6.58. The van der Waals surface area contributed by atoms with E-state index in [2.05, 4.69) is 21.1 Å². The molecule has 30 heavy (non-hydrogen) atoms. The summed E-state index contributed by atoms with van der Waals surface area (Å²) >= 11 is 1.53. The lowest BCUT2D eigenvalue weighted by molar-refractivity contribution is 0.0814. The average molecular weight is 415 g/mol. The van der Waals surface area contributed by atoms with Crippen molar-refractivity contribution in [1.82, 2.24) is 19.7 Å². The normalized spacial score (nSPS) is 10.6. The number of carbonyl (C=O) groups is 1. The molecule has 0 atom stereocenters. The molecule has 4 aromatic rings. The second kappa shape index (κ2) is 8.27. The molecule has 0 bridgehead atoms. The van der Waals surface area contributed by atoms with Crippen molar-refractivity contribution >= 4 is 17.2 Å². The highest BCUT2D eigenvalue weighted by molar-refractivity contribution is 7.13. The SMILES string of the molecule is Cc1cc(C)n(C(=O)COc2nc(-c3cccs3)cc(-c3ccncc3)c2C#N)n1. The molecule has 0 aliphatic heterocycles. The Hall–Kier alpha value is -3.83. The van der Waals surface area contributed by atoms with E-state index in [1.807, 2.05) is 48.7 Å². The van der Waals surface area contributed by atoms with Gasteiger partial charge in [-0.3, -0.25) is 9.78 Å². The zero-order chi connectivity index (χ0) is 21.1. The highest BCUT2D eigenvalue weighted by atomic mass is 32.1. The van der Waals surface area contributed by atoms with Gasteiger partial charge in [0.15, 0.2) is 6.61 Å². The zero-order valence-electron chi connectivity index (χ0n) is 16.4. The van der Waals surface area contributed by atoms with Crippen LogP contribution in [0.4, 0.5) is 0 Å². The van der Waals surface area contributed by atoms with Crippen molar-refractivity contribution in [2.24, 2.45) is 0 Å². The number of aromatic nitrogens is 4. The smallest absolute Gasteiger partial charge is 0.285 e. The van der Waals surface area contributed by atoms with Crippen molar-refractivity contribution in [2.45, 2.75) is 13.8 Å². The number of carbonyl (C=O) groups excluding carboxylic acids is 1. The molecule has 0 saturated carbocycles. The Labute approximate surface area is 177 Å². The van der Waals surface area contributed by atoms with Crippen LogP contribution in [0.3, 0.4) is 0 Å². The average Bonchev–Trinajstić information content (AvgIpc) is 3.41. The summed E-state index contributed by atoms with van der Waals surface area (Å²) in [6.07, 6.45) is 3.32. The van der Waals surface area contributed by atoms with Crippen molar-refractivity contribution < 1.29 is 9.53 Å². The van der Waals surface area contributed by atoms with Crippen LogP contribution in [0.25, 0.3) is 21.7 Å². The van der Waals surface area contributed by atoms with Crippen LogP contribution in [0.5, 0.6) is 5.88 Å². The van der Waals surface area contributed by atoms with Crippen LogP contribution in [-0.2, 0) is 0 Å². The van der Waals surface area contributed by atoms with Crippen LogP contribution < -0.4 is 4.74 Å². The number of hydrogen-bond donors (Lipinski definition) is 0. The predicted molar refractivity (Wildman–Crippen MR) is 113 cm³/mol. The van der Waals surface area contributed by atoms with Gasteiger partial charge in [0, 0.05) is 23.7 Å². The molecular weight excluding hydrogens is 398 g/mol. The maximum absolute atomic E-state index is 12.6. The van der Waals surface area contributed by atoms with Gasteiger partial charge in [0.05, 0.1) is 16.3 Å². The van der Waals surface area contributed by atoms with E-state index < -0.39 is 0 Å². The molecule has 0 aliphatic carbocycles. The molecule has 7 nitrogen and oxygen atoms in total. The fraction of sp³-hybridized carbons (Fsp3) is 0.136. The molecule has 4 heterocycles. The van der Waals surface area contributed by atoms with Crippen molar-refractivity contribution in [3.8, 4) is 33.6 Å². The topological polar surface area (TPSA) is 93.7 Å². The van der Waals surface area contributed by atoms with Gasteiger partial charge in [-0.2, -0.15) is 10.4 Å². The van der Waals surface area contributed by atoms with Crippen molar-refractivity contribution in [3.05, 3.63) is 71.1 Å². The third-order valence-corrected chi connectivity index (χ3v) is 5.33. The van der Waals surface area contributed by atoms with Gasteiger partial charge in [-0.25, -0.2) is 9.67 Å². The number of thiophene rings is 1. The summed E-state index contributed by atoms with van der Waals surface area (Å²) in [5.41, 5.74) is 3.89. The number of nitrogens with zero attached hydrogens (tertiary/aromatic N) is 5. The van der Waals surface area contributed by atoms with Crippen LogP contribution in [0.15, 0.2) is 54.2 Å². The standard InChI is InChI=1S/C22H17N5O2S/c1-14-10-15(2)27(26-14)21(28)13-29-22-18(12-23)17(16-5-7-24-8-6-16)11-19(25-22)20-4-3-9-30-20/h3-11H,13H2,1-2H3. The minimum absolute atomic E-state index is 0.116. The van der Waals surface area contributed by atoms with Gasteiger partial charge >= 0.3 is 0 Å². The Kier molecular flexibility index (Phi) is 5.37. The Balaban J connectivity index is 1.74. The zero-order valence-corrected chi connectivity index (χ0v) is 17.2. The first kappa shape index (κ1) is 19.5. The summed E-state index contributed by atoms with van der Waals surface area (Å²) in [6.45, 7) is 3.33. The molecular formula is C22H17N5O2S. The minimum atomic E-state index is -0.335. The van der Waals surface area contributed by atoms with Gasteiger partial charge in [0.1, 0.15) is 11.6 Å². The highest BCUT2D eigenvalue weighted by Crippen LogP contribution is 2.34. The first-order chi connectivity index (χ1) is 14.6. The fourth-order valence-electron chi connectivity index (χ4n) is 3.12. The molecule has 0 aromatic carbocycles. The summed E-state index contributed by atoms with van der Waals surface area (Å²) in [6, 6.07) is 13.4. The molecule has 0 radical (unpaired) electrons. The van der Waals surface area contributed by atoms with Gasteiger partial charge in [-0.1, -0.05) is 6.07 Å². The number of nitriles is 1. The predicted octanol–water partition coefficient (Wildman–Crippen LogP) is 4.28. The molecule has 0 saturated heterocycles. The minimum Gasteiger partial charge on any atom is -0.466 e. The Morgan fingerprint density at radius 3 is 2.67 bits per heavy atom. The number of rotatable bonds is 5. The monoisotopic (exact) mass is 415 g/mol. The third kappa shape index (κ3) is 3.83. The van der Waals surface area contributed by atoms with Crippen LogP contribution in [0, 0.1) is 25.2 Å². The summed E-state index contributed by atoms with van der Waals surface area (Å²) in [5.74, 6) is -0.219. The molecule has 0 amide bonds. The van der Waals surface area contributed by atoms with E-state index in [1.165, 1.54) is 16.0 Å². The van der Waals surface area contributed by atoms with Gasteiger partial charge in [0.2, 0.25) is 5.88 Å². The molecule has 4 aromatic heterocycles. The number of aryl methyl sites for hydroxylation is 2. The van der Waals surface area contributed by atoms with Crippen LogP contribution >= 0.6 is 11.3 Å². The molecule has 8 heteroatoms.